The van der Waals surface area contributed by atoms with E-state index in [2.05, 4.69) is 23.9 Å². The van der Waals surface area contributed by atoms with E-state index in [0.717, 1.165) is 31.8 Å². The van der Waals surface area contributed by atoms with Crippen molar-refractivity contribution in [2.75, 3.05) is 52.3 Å². The summed E-state index contributed by atoms with van der Waals surface area (Å²) in [4.78, 5) is 4.79. The molecule has 0 radical (unpaired) electrons. The van der Waals surface area contributed by atoms with Crippen molar-refractivity contribution >= 4 is 9.84 Å². The number of hydrogen-bond acceptors (Lipinski definition) is 4. The van der Waals surface area contributed by atoms with Gasteiger partial charge in [0.05, 0.1) is 5.75 Å². The fourth-order valence-electron chi connectivity index (χ4n) is 3.90. The lowest BCUT2D eigenvalue weighted by atomic mass is 9.70. The first-order valence-electron chi connectivity index (χ1n) is 7.83. The standard InChI is InChI=1S/C15H30N2O2S/c1-16-9-5-14(6-10-16)11-17(2)12-15(7-4-8-15)13-20(3,18)19/h14H,4-13H2,1-3H3. The van der Waals surface area contributed by atoms with Gasteiger partial charge in [-0.15, -0.1) is 0 Å². The Balaban J connectivity index is 1.82. The molecule has 0 N–H and O–H groups in total. The van der Waals surface area contributed by atoms with Crippen LogP contribution in [-0.2, 0) is 9.84 Å². The van der Waals surface area contributed by atoms with Crippen molar-refractivity contribution in [2.45, 2.75) is 32.1 Å². The normalized spacial score (nSPS) is 24.8. The van der Waals surface area contributed by atoms with Gasteiger partial charge in [-0.1, -0.05) is 6.42 Å². The van der Waals surface area contributed by atoms with Crippen molar-refractivity contribution in [3.8, 4) is 0 Å². The third-order valence-corrected chi connectivity index (χ3v) is 6.13. The van der Waals surface area contributed by atoms with Crippen LogP contribution in [0.2, 0.25) is 0 Å². The molecule has 1 aliphatic heterocycles. The summed E-state index contributed by atoms with van der Waals surface area (Å²) in [5.41, 5.74) is 0.0494. The zero-order valence-corrected chi connectivity index (χ0v) is 14.1. The number of sulfone groups is 1. The molecule has 1 aliphatic carbocycles. The minimum atomic E-state index is -2.86. The number of likely N-dealkylation sites (tertiary alicyclic amines) is 1. The van der Waals surface area contributed by atoms with Crippen molar-refractivity contribution < 1.29 is 8.42 Å². The number of nitrogens with zero attached hydrogens (tertiary/aromatic N) is 2. The van der Waals surface area contributed by atoms with Crippen molar-refractivity contribution in [1.82, 2.24) is 9.80 Å². The van der Waals surface area contributed by atoms with Gasteiger partial charge in [0, 0.05) is 19.3 Å². The summed E-state index contributed by atoms with van der Waals surface area (Å²) in [5.74, 6) is 1.16. The lowest BCUT2D eigenvalue weighted by Crippen LogP contribution is -2.47. The van der Waals surface area contributed by atoms with Gasteiger partial charge in [-0.25, -0.2) is 8.42 Å². The third kappa shape index (κ3) is 4.71. The summed E-state index contributed by atoms with van der Waals surface area (Å²) >= 11 is 0. The number of hydrogen-bond donors (Lipinski definition) is 0. The molecule has 0 bridgehead atoms. The summed E-state index contributed by atoms with van der Waals surface area (Å²) in [6, 6.07) is 0. The SMILES string of the molecule is CN1CCC(CN(C)CC2(CS(C)(=O)=O)CCC2)CC1. The first-order chi connectivity index (χ1) is 9.28. The molecule has 20 heavy (non-hydrogen) atoms. The zero-order chi connectivity index (χ0) is 14.8. The number of rotatable bonds is 6. The molecule has 0 aromatic carbocycles. The van der Waals surface area contributed by atoms with Gasteiger partial charge < -0.3 is 9.80 Å². The van der Waals surface area contributed by atoms with Gasteiger partial charge >= 0.3 is 0 Å². The van der Waals surface area contributed by atoms with E-state index in [1.807, 2.05) is 0 Å². The highest BCUT2D eigenvalue weighted by atomic mass is 32.2. The molecular formula is C15H30N2O2S. The quantitative estimate of drug-likeness (QED) is 0.745. The van der Waals surface area contributed by atoms with Crippen LogP contribution >= 0.6 is 0 Å². The molecule has 2 rings (SSSR count). The highest BCUT2D eigenvalue weighted by Gasteiger charge is 2.40. The van der Waals surface area contributed by atoms with Crippen LogP contribution in [0.5, 0.6) is 0 Å². The number of piperidine rings is 1. The molecule has 1 heterocycles. The second kappa shape index (κ2) is 6.32. The molecule has 2 fully saturated rings. The van der Waals surface area contributed by atoms with Crippen LogP contribution in [0.3, 0.4) is 0 Å². The Morgan fingerprint density at radius 3 is 2.30 bits per heavy atom. The second-order valence-corrected chi connectivity index (χ2v) is 9.51. The van der Waals surface area contributed by atoms with Gasteiger partial charge in [-0.3, -0.25) is 0 Å². The van der Waals surface area contributed by atoms with Gasteiger partial charge in [0.1, 0.15) is 9.84 Å². The lowest BCUT2D eigenvalue weighted by Gasteiger charge is -2.44. The topological polar surface area (TPSA) is 40.6 Å². The fourth-order valence-corrected chi connectivity index (χ4v) is 5.40. The first-order valence-corrected chi connectivity index (χ1v) is 9.89. The molecule has 0 spiro atoms. The van der Waals surface area contributed by atoms with Crippen LogP contribution in [0.1, 0.15) is 32.1 Å². The van der Waals surface area contributed by atoms with E-state index >= 15 is 0 Å². The molecule has 2 aliphatic rings. The largest absolute Gasteiger partial charge is 0.306 e. The van der Waals surface area contributed by atoms with Crippen molar-refractivity contribution in [2.24, 2.45) is 11.3 Å². The van der Waals surface area contributed by atoms with E-state index in [0.29, 0.717) is 5.75 Å². The van der Waals surface area contributed by atoms with Crippen molar-refractivity contribution in [3.05, 3.63) is 0 Å². The van der Waals surface area contributed by atoms with Crippen molar-refractivity contribution in [3.63, 3.8) is 0 Å². The van der Waals surface area contributed by atoms with Gasteiger partial charge in [-0.05, 0) is 64.2 Å². The summed E-state index contributed by atoms with van der Waals surface area (Å²) in [5, 5.41) is 0. The Bertz CT molecular complexity index is 410. The molecule has 118 valence electrons. The third-order valence-electron chi connectivity index (χ3n) is 5.00. The molecule has 5 heteroatoms. The fraction of sp³-hybridized carbons (Fsp3) is 1.00. The maximum atomic E-state index is 11.6. The molecule has 4 nitrogen and oxygen atoms in total. The zero-order valence-electron chi connectivity index (χ0n) is 13.3. The minimum Gasteiger partial charge on any atom is -0.306 e. The van der Waals surface area contributed by atoms with E-state index in [4.69, 9.17) is 0 Å². The van der Waals surface area contributed by atoms with Crippen LogP contribution in [0.25, 0.3) is 0 Å². The predicted molar refractivity (Wildman–Crippen MR) is 83.7 cm³/mol. The summed E-state index contributed by atoms with van der Waals surface area (Å²) in [6.45, 7) is 4.48. The molecule has 0 aromatic rings. The van der Waals surface area contributed by atoms with Crippen LogP contribution in [0.4, 0.5) is 0 Å². The van der Waals surface area contributed by atoms with E-state index in [9.17, 15) is 8.42 Å². The Morgan fingerprint density at radius 1 is 1.25 bits per heavy atom. The molecule has 1 saturated heterocycles. The Morgan fingerprint density at radius 2 is 1.85 bits per heavy atom. The molecule has 0 aromatic heterocycles. The average Bonchev–Trinajstić information content (AvgIpc) is 2.27. The summed E-state index contributed by atoms with van der Waals surface area (Å²) < 4.78 is 23.2. The monoisotopic (exact) mass is 302 g/mol. The smallest absolute Gasteiger partial charge is 0.148 e. The van der Waals surface area contributed by atoms with E-state index in [-0.39, 0.29) is 5.41 Å². The molecule has 1 saturated carbocycles. The van der Waals surface area contributed by atoms with Gasteiger partial charge in [0.25, 0.3) is 0 Å². The highest BCUT2D eigenvalue weighted by molar-refractivity contribution is 7.90. The first kappa shape index (κ1) is 16.2. The predicted octanol–water partition coefficient (Wildman–Crippen LogP) is 1.47. The summed E-state index contributed by atoms with van der Waals surface area (Å²) in [7, 11) is 1.50. The molecule has 0 atom stereocenters. The van der Waals surface area contributed by atoms with E-state index in [1.54, 1.807) is 0 Å². The van der Waals surface area contributed by atoms with E-state index in [1.165, 1.54) is 38.6 Å². The summed E-state index contributed by atoms with van der Waals surface area (Å²) in [6.07, 6.45) is 7.29. The highest BCUT2D eigenvalue weighted by Crippen LogP contribution is 2.42. The Kier molecular flexibility index (Phi) is 5.14. The van der Waals surface area contributed by atoms with Crippen LogP contribution in [-0.4, -0.2) is 70.5 Å². The molecular weight excluding hydrogens is 272 g/mol. The van der Waals surface area contributed by atoms with E-state index < -0.39 is 9.84 Å². The second-order valence-electron chi connectivity index (χ2n) is 7.37. The van der Waals surface area contributed by atoms with Gasteiger partial charge in [0.15, 0.2) is 0 Å². The average molecular weight is 302 g/mol. The Hall–Kier alpha value is -0.130. The minimum absolute atomic E-state index is 0.0494. The molecule has 0 unspecified atom stereocenters. The van der Waals surface area contributed by atoms with Crippen molar-refractivity contribution in [1.29, 1.82) is 0 Å². The maximum Gasteiger partial charge on any atom is 0.148 e. The Labute approximate surface area is 124 Å². The maximum absolute atomic E-state index is 11.6. The van der Waals surface area contributed by atoms with Crippen LogP contribution < -0.4 is 0 Å². The lowest BCUT2D eigenvalue weighted by molar-refractivity contribution is 0.0843. The van der Waals surface area contributed by atoms with Crippen LogP contribution in [0.15, 0.2) is 0 Å². The van der Waals surface area contributed by atoms with Gasteiger partial charge in [0.2, 0.25) is 0 Å². The van der Waals surface area contributed by atoms with Gasteiger partial charge in [-0.2, -0.15) is 0 Å². The molecule has 0 amide bonds. The van der Waals surface area contributed by atoms with Crippen LogP contribution in [0, 0.1) is 11.3 Å².